The fourth-order valence-electron chi connectivity index (χ4n) is 0.772. The minimum atomic E-state index is -0.234. The third kappa shape index (κ3) is 2.33. The molecule has 0 aromatic carbocycles. The van der Waals surface area contributed by atoms with Crippen LogP contribution in [0.25, 0.3) is 0 Å². The van der Waals surface area contributed by atoms with Gasteiger partial charge in [0, 0.05) is 0 Å². The second-order valence-corrected chi connectivity index (χ2v) is 3.71. The first-order chi connectivity index (χ1) is 6.06. The van der Waals surface area contributed by atoms with Gasteiger partial charge in [-0.2, -0.15) is 0 Å². The first-order valence-electron chi connectivity index (χ1n) is 3.34. The van der Waals surface area contributed by atoms with Crippen molar-refractivity contribution in [1.82, 2.24) is 9.97 Å². The lowest BCUT2D eigenvalue weighted by atomic mass is 10.2. The molecule has 0 unspecified atom stereocenters. The van der Waals surface area contributed by atoms with Crippen LogP contribution in [-0.2, 0) is 0 Å². The zero-order valence-corrected chi connectivity index (χ0v) is 9.30. The molecule has 0 N–H and O–H groups in total. The van der Waals surface area contributed by atoms with E-state index >= 15 is 0 Å². The fraction of sp³-hybridized carbons (Fsp3) is 0.286. The van der Waals surface area contributed by atoms with Crippen molar-refractivity contribution in [3.63, 3.8) is 0 Å². The van der Waals surface area contributed by atoms with Gasteiger partial charge < -0.3 is 0 Å². The SMILES string of the molecule is CSc1nc(Cl)c(C(C)=O)c(Cl)n1. The van der Waals surface area contributed by atoms with Crippen LogP contribution in [0.3, 0.4) is 0 Å². The number of Topliss-reactive ketones (excluding diaryl/α,β-unsaturated/α-hetero) is 1. The van der Waals surface area contributed by atoms with Crippen LogP contribution in [0.1, 0.15) is 17.3 Å². The first-order valence-corrected chi connectivity index (χ1v) is 5.32. The maximum absolute atomic E-state index is 11.0. The summed E-state index contributed by atoms with van der Waals surface area (Å²) in [5.74, 6) is -0.234. The molecular weight excluding hydrogens is 231 g/mol. The average molecular weight is 237 g/mol. The van der Waals surface area contributed by atoms with Crippen molar-refractivity contribution in [3.8, 4) is 0 Å². The second kappa shape index (κ2) is 4.26. The lowest BCUT2D eigenvalue weighted by Crippen LogP contribution is -2.00. The molecule has 70 valence electrons. The van der Waals surface area contributed by atoms with Gasteiger partial charge in [0.2, 0.25) is 0 Å². The summed E-state index contributed by atoms with van der Waals surface area (Å²) in [7, 11) is 0. The van der Waals surface area contributed by atoms with E-state index in [-0.39, 0.29) is 21.7 Å². The Morgan fingerprint density at radius 2 is 1.77 bits per heavy atom. The minimum Gasteiger partial charge on any atom is -0.294 e. The summed E-state index contributed by atoms with van der Waals surface area (Å²) in [6.45, 7) is 1.37. The van der Waals surface area contributed by atoms with E-state index in [0.717, 1.165) is 0 Å². The molecule has 13 heavy (non-hydrogen) atoms. The topological polar surface area (TPSA) is 42.9 Å². The molecule has 6 heteroatoms. The van der Waals surface area contributed by atoms with Crippen LogP contribution in [-0.4, -0.2) is 22.0 Å². The summed E-state index contributed by atoms with van der Waals surface area (Å²) in [4.78, 5) is 18.8. The normalized spacial score (nSPS) is 10.2. The summed E-state index contributed by atoms with van der Waals surface area (Å²) >= 11 is 12.8. The Labute approximate surface area is 89.9 Å². The Balaban J connectivity index is 3.31. The van der Waals surface area contributed by atoms with Gasteiger partial charge in [0.1, 0.15) is 10.3 Å². The average Bonchev–Trinajstić information content (AvgIpc) is 2.02. The third-order valence-electron chi connectivity index (χ3n) is 1.33. The largest absolute Gasteiger partial charge is 0.294 e. The van der Waals surface area contributed by atoms with E-state index in [1.54, 1.807) is 6.26 Å². The van der Waals surface area contributed by atoms with Crippen LogP contribution in [0, 0.1) is 0 Å². The zero-order chi connectivity index (χ0) is 10.0. The van der Waals surface area contributed by atoms with Gasteiger partial charge in [-0.3, -0.25) is 4.79 Å². The number of carbonyl (C=O) groups excluding carboxylic acids is 1. The molecule has 1 heterocycles. The van der Waals surface area contributed by atoms with Crippen molar-refractivity contribution in [2.75, 3.05) is 6.26 Å². The Morgan fingerprint density at radius 3 is 2.08 bits per heavy atom. The molecule has 0 spiro atoms. The Bertz CT molecular complexity index is 333. The fourth-order valence-corrected chi connectivity index (χ4v) is 1.89. The highest BCUT2D eigenvalue weighted by molar-refractivity contribution is 7.98. The van der Waals surface area contributed by atoms with Gasteiger partial charge in [0.25, 0.3) is 0 Å². The van der Waals surface area contributed by atoms with Gasteiger partial charge in [-0.1, -0.05) is 35.0 Å². The Morgan fingerprint density at radius 1 is 1.31 bits per heavy atom. The van der Waals surface area contributed by atoms with Gasteiger partial charge >= 0.3 is 0 Å². The molecule has 1 aromatic heterocycles. The maximum Gasteiger partial charge on any atom is 0.190 e. The monoisotopic (exact) mass is 236 g/mol. The molecule has 0 saturated heterocycles. The summed E-state index contributed by atoms with van der Waals surface area (Å²) < 4.78 is 0. The van der Waals surface area contributed by atoms with E-state index in [2.05, 4.69) is 9.97 Å². The number of carbonyl (C=O) groups is 1. The van der Waals surface area contributed by atoms with Gasteiger partial charge in [0.05, 0.1) is 5.56 Å². The molecule has 3 nitrogen and oxygen atoms in total. The van der Waals surface area contributed by atoms with Crippen LogP contribution in [0.2, 0.25) is 10.3 Å². The third-order valence-corrected chi connectivity index (χ3v) is 2.43. The van der Waals surface area contributed by atoms with Crippen molar-refractivity contribution >= 4 is 40.7 Å². The van der Waals surface area contributed by atoms with Gasteiger partial charge in [0.15, 0.2) is 10.9 Å². The van der Waals surface area contributed by atoms with Crippen LogP contribution in [0.15, 0.2) is 5.16 Å². The molecular formula is C7H6Cl2N2OS. The van der Waals surface area contributed by atoms with Crippen LogP contribution in [0.5, 0.6) is 0 Å². The molecule has 0 aliphatic carbocycles. The number of hydrogen-bond donors (Lipinski definition) is 0. The summed E-state index contributed by atoms with van der Waals surface area (Å²) in [6.07, 6.45) is 1.80. The smallest absolute Gasteiger partial charge is 0.190 e. The van der Waals surface area contributed by atoms with Gasteiger partial charge in [-0.05, 0) is 13.2 Å². The first kappa shape index (κ1) is 10.8. The van der Waals surface area contributed by atoms with Gasteiger partial charge in [-0.15, -0.1) is 0 Å². The van der Waals surface area contributed by atoms with Crippen molar-refractivity contribution in [3.05, 3.63) is 15.9 Å². The van der Waals surface area contributed by atoms with Crippen molar-refractivity contribution in [2.24, 2.45) is 0 Å². The molecule has 1 rings (SSSR count). The quantitative estimate of drug-likeness (QED) is 0.343. The molecule has 0 atom stereocenters. The molecule has 0 saturated carbocycles. The molecule has 0 radical (unpaired) electrons. The van der Waals surface area contributed by atoms with Crippen LogP contribution in [0.4, 0.5) is 0 Å². The van der Waals surface area contributed by atoms with E-state index in [4.69, 9.17) is 23.2 Å². The Kier molecular flexibility index (Phi) is 3.53. The molecule has 0 bridgehead atoms. The lowest BCUT2D eigenvalue weighted by Gasteiger charge is -2.02. The second-order valence-electron chi connectivity index (χ2n) is 2.22. The van der Waals surface area contributed by atoms with Crippen molar-refractivity contribution in [1.29, 1.82) is 0 Å². The summed E-state index contributed by atoms with van der Waals surface area (Å²) in [6, 6.07) is 0. The zero-order valence-electron chi connectivity index (χ0n) is 6.97. The predicted octanol–water partition coefficient (Wildman–Crippen LogP) is 2.71. The number of rotatable bonds is 2. The van der Waals surface area contributed by atoms with E-state index in [9.17, 15) is 4.79 Å². The maximum atomic E-state index is 11.0. The van der Waals surface area contributed by atoms with Gasteiger partial charge in [-0.25, -0.2) is 9.97 Å². The van der Waals surface area contributed by atoms with E-state index in [1.807, 2.05) is 0 Å². The van der Waals surface area contributed by atoms with E-state index in [1.165, 1.54) is 18.7 Å². The highest BCUT2D eigenvalue weighted by Gasteiger charge is 2.14. The highest BCUT2D eigenvalue weighted by Crippen LogP contribution is 2.24. The summed E-state index contributed by atoms with van der Waals surface area (Å²) in [5, 5.41) is 0.675. The van der Waals surface area contributed by atoms with Crippen molar-refractivity contribution in [2.45, 2.75) is 12.1 Å². The number of aromatic nitrogens is 2. The number of ketones is 1. The molecule has 0 fully saturated rings. The molecule has 0 aliphatic heterocycles. The number of halogens is 2. The molecule has 1 aromatic rings. The minimum absolute atomic E-state index is 0.108. The highest BCUT2D eigenvalue weighted by atomic mass is 35.5. The van der Waals surface area contributed by atoms with Crippen molar-refractivity contribution < 1.29 is 4.79 Å². The van der Waals surface area contributed by atoms with Crippen LogP contribution < -0.4 is 0 Å². The van der Waals surface area contributed by atoms with Crippen LogP contribution >= 0.6 is 35.0 Å². The molecule has 0 amide bonds. The number of thioether (sulfide) groups is 1. The Hall–Kier alpha value is -0.320. The predicted molar refractivity (Wildman–Crippen MR) is 53.8 cm³/mol. The molecule has 0 aliphatic rings. The number of hydrogen-bond acceptors (Lipinski definition) is 4. The lowest BCUT2D eigenvalue weighted by molar-refractivity contribution is 0.101. The van der Waals surface area contributed by atoms with E-state index < -0.39 is 0 Å². The summed E-state index contributed by atoms with van der Waals surface area (Å²) in [5.41, 5.74) is 0.182. The standard InChI is InChI=1S/C7H6Cl2N2OS/c1-3(12)4-5(8)10-7(13-2)11-6(4)9/h1-2H3. The van der Waals surface area contributed by atoms with E-state index in [0.29, 0.717) is 5.16 Å². The number of nitrogens with zero attached hydrogens (tertiary/aromatic N) is 2.